The van der Waals surface area contributed by atoms with Gasteiger partial charge in [-0.2, -0.15) is 0 Å². The summed E-state index contributed by atoms with van der Waals surface area (Å²) < 4.78 is 2.10. The number of rotatable bonds is 6. The minimum Gasteiger partial charge on any atom is -0.481 e. The molecular weight excluding hydrogens is 370 g/mol. The SMILES string of the molecule is O=C(O)CSc1nc2cnccc2n1Cc1ccc(C2CC2)c2ccccc12. The van der Waals surface area contributed by atoms with Crippen LogP contribution in [-0.2, 0) is 11.3 Å². The number of aromatic nitrogens is 3. The van der Waals surface area contributed by atoms with Gasteiger partial charge in [-0.15, -0.1) is 0 Å². The first-order chi connectivity index (χ1) is 13.7. The molecule has 0 bridgehead atoms. The van der Waals surface area contributed by atoms with E-state index in [1.165, 1.54) is 46.5 Å². The minimum absolute atomic E-state index is 0.0158. The fourth-order valence-electron chi connectivity index (χ4n) is 3.79. The third-order valence-corrected chi connectivity index (χ3v) is 6.20. The molecule has 0 radical (unpaired) electrons. The van der Waals surface area contributed by atoms with Crippen molar-refractivity contribution >= 4 is 39.5 Å². The van der Waals surface area contributed by atoms with Crippen LogP contribution < -0.4 is 0 Å². The zero-order valence-electron chi connectivity index (χ0n) is 15.2. The first-order valence-corrected chi connectivity index (χ1v) is 10.3. The summed E-state index contributed by atoms with van der Waals surface area (Å²) in [5, 5.41) is 12.4. The molecule has 0 spiro atoms. The molecule has 0 atom stereocenters. The van der Waals surface area contributed by atoms with Gasteiger partial charge in [-0.3, -0.25) is 9.78 Å². The second-order valence-corrected chi connectivity index (χ2v) is 8.10. The number of nitrogens with zero attached hydrogens (tertiary/aromatic N) is 3. The van der Waals surface area contributed by atoms with Crippen molar-refractivity contribution in [2.24, 2.45) is 0 Å². The van der Waals surface area contributed by atoms with Gasteiger partial charge < -0.3 is 9.67 Å². The Labute approximate surface area is 166 Å². The molecule has 1 aliphatic carbocycles. The number of hydrogen-bond acceptors (Lipinski definition) is 4. The third kappa shape index (κ3) is 3.14. The highest BCUT2D eigenvalue weighted by Crippen LogP contribution is 2.43. The lowest BCUT2D eigenvalue weighted by Gasteiger charge is -2.13. The monoisotopic (exact) mass is 389 g/mol. The van der Waals surface area contributed by atoms with Crippen LogP contribution in [0.2, 0.25) is 0 Å². The van der Waals surface area contributed by atoms with Crippen molar-refractivity contribution in [3.8, 4) is 0 Å². The number of carbonyl (C=O) groups is 1. The first kappa shape index (κ1) is 17.3. The molecule has 1 saturated carbocycles. The Kier molecular flexibility index (Phi) is 4.28. The predicted octanol–water partition coefficient (Wildman–Crippen LogP) is 4.69. The number of aliphatic carboxylic acids is 1. The molecule has 28 heavy (non-hydrogen) atoms. The zero-order chi connectivity index (χ0) is 19.1. The average Bonchev–Trinajstić information content (AvgIpc) is 3.49. The molecule has 6 heteroatoms. The van der Waals surface area contributed by atoms with Gasteiger partial charge in [0, 0.05) is 6.20 Å². The largest absolute Gasteiger partial charge is 0.481 e. The summed E-state index contributed by atoms with van der Waals surface area (Å²) in [6, 6.07) is 15.0. The highest BCUT2D eigenvalue weighted by atomic mass is 32.2. The zero-order valence-corrected chi connectivity index (χ0v) is 16.0. The van der Waals surface area contributed by atoms with Crippen LogP contribution in [0.1, 0.15) is 29.9 Å². The van der Waals surface area contributed by atoms with E-state index in [9.17, 15) is 4.79 Å². The van der Waals surface area contributed by atoms with Crippen LogP contribution in [0.5, 0.6) is 0 Å². The van der Waals surface area contributed by atoms with E-state index < -0.39 is 5.97 Å². The second-order valence-electron chi connectivity index (χ2n) is 7.16. The van der Waals surface area contributed by atoms with E-state index in [2.05, 4.69) is 50.9 Å². The molecule has 0 aliphatic heterocycles. The number of fused-ring (bicyclic) bond motifs is 2. The molecule has 2 aromatic carbocycles. The van der Waals surface area contributed by atoms with Crippen LogP contribution in [0.15, 0.2) is 60.0 Å². The van der Waals surface area contributed by atoms with Gasteiger partial charge in [0.15, 0.2) is 5.16 Å². The Morgan fingerprint density at radius 3 is 2.75 bits per heavy atom. The van der Waals surface area contributed by atoms with Crippen LogP contribution >= 0.6 is 11.8 Å². The smallest absolute Gasteiger partial charge is 0.313 e. The minimum atomic E-state index is -0.846. The molecule has 4 aromatic rings. The number of benzene rings is 2. The predicted molar refractivity (Wildman–Crippen MR) is 111 cm³/mol. The van der Waals surface area contributed by atoms with Gasteiger partial charge in [0.05, 0.1) is 24.0 Å². The summed E-state index contributed by atoms with van der Waals surface area (Å²) >= 11 is 1.25. The Morgan fingerprint density at radius 2 is 1.96 bits per heavy atom. The van der Waals surface area contributed by atoms with Crippen LogP contribution in [0.3, 0.4) is 0 Å². The quantitative estimate of drug-likeness (QED) is 0.485. The molecule has 140 valence electrons. The van der Waals surface area contributed by atoms with Gasteiger partial charge in [-0.25, -0.2) is 4.98 Å². The highest BCUT2D eigenvalue weighted by Gasteiger charge is 2.25. The van der Waals surface area contributed by atoms with Gasteiger partial charge in [0.2, 0.25) is 0 Å². The van der Waals surface area contributed by atoms with Crippen molar-refractivity contribution in [3.05, 3.63) is 66.0 Å². The van der Waals surface area contributed by atoms with Gasteiger partial charge in [0.25, 0.3) is 0 Å². The van der Waals surface area contributed by atoms with E-state index in [1.54, 1.807) is 12.4 Å². The highest BCUT2D eigenvalue weighted by molar-refractivity contribution is 7.99. The van der Waals surface area contributed by atoms with Crippen LogP contribution in [-0.4, -0.2) is 31.4 Å². The first-order valence-electron chi connectivity index (χ1n) is 9.36. The van der Waals surface area contributed by atoms with Crippen molar-refractivity contribution in [2.75, 3.05) is 5.75 Å². The molecule has 1 aliphatic rings. The Hall–Kier alpha value is -2.86. The van der Waals surface area contributed by atoms with E-state index in [0.717, 1.165) is 11.0 Å². The summed E-state index contributed by atoms with van der Waals surface area (Å²) in [4.78, 5) is 19.8. The maximum absolute atomic E-state index is 11.1. The van der Waals surface area contributed by atoms with Gasteiger partial charge in [-0.05, 0) is 46.7 Å². The molecule has 2 heterocycles. The van der Waals surface area contributed by atoms with Crippen molar-refractivity contribution in [2.45, 2.75) is 30.5 Å². The Bertz CT molecular complexity index is 1200. The fourth-order valence-corrected chi connectivity index (χ4v) is 4.53. The number of carboxylic acid groups (broad SMARTS) is 1. The number of imidazole rings is 1. The summed E-state index contributed by atoms with van der Waals surface area (Å²) in [7, 11) is 0. The molecule has 0 unspecified atom stereocenters. The van der Waals surface area contributed by atoms with Crippen molar-refractivity contribution in [3.63, 3.8) is 0 Å². The standard InChI is InChI=1S/C22H19N3O2S/c26-21(27)13-28-22-24-19-11-23-10-9-20(19)25(22)12-15-7-8-17(14-5-6-14)18-4-2-1-3-16(15)18/h1-4,7-11,14H,5-6,12-13H2,(H,26,27). The van der Waals surface area contributed by atoms with Crippen LogP contribution in [0, 0.1) is 0 Å². The molecular formula is C22H19N3O2S. The van der Waals surface area contributed by atoms with Crippen molar-refractivity contribution < 1.29 is 9.90 Å². The number of thioether (sulfide) groups is 1. The summed E-state index contributed by atoms with van der Waals surface area (Å²) in [6.07, 6.45) is 6.03. The Balaban J connectivity index is 1.61. The lowest BCUT2D eigenvalue weighted by molar-refractivity contribution is -0.133. The number of hydrogen-bond donors (Lipinski definition) is 1. The second kappa shape index (κ2) is 6.95. The lowest BCUT2D eigenvalue weighted by atomic mass is 9.97. The number of carboxylic acids is 1. The number of pyridine rings is 1. The molecule has 5 nitrogen and oxygen atoms in total. The average molecular weight is 389 g/mol. The van der Waals surface area contributed by atoms with E-state index in [1.807, 2.05) is 6.07 Å². The van der Waals surface area contributed by atoms with Crippen LogP contribution in [0.25, 0.3) is 21.8 Å². The van der Waals surface area contributed by atoms with Crippen molar-refractivity contribution in [1.29, 1.82) is 0 Å². The normalized spacial score (nSPS) is 14.0. The maximum Gasteiger partial charge on any atom is 0.313 e. The van der Waals surface area contributed by atoms with E-state index >= 15 is 0 Å². The Morgan fingerprint density at radius 1 is 1.14 bits per heavy atom. The van der Waals surface area contributed by atoms with Crippen LogP contribution in [0.4, 0.5) is 0 Å². The molecule has 1 N–H and O–H groups in total. The van der Waals surface area contributed by atoms with Crippen molar-refractivity contribution in [1.82, 2.24) is 14.5 Å². The molecule has 5 rings (SSSR count). The van der Waals surface area contributed by atoms with Gasteiger partial charge >= 0.3 is 5.97 Å². The summed E-state index contributed by atoms with van der Waals surface area (Å²) in [5.41, 5.74) is 4.42. The van der Waals surface area contributed by atoms with Gasteiger partial charge in [0.1, 0.15) is 5.52 Å². The van der Waals surface area contributed by atoms with E-state index in [4.69, 9.17) is 5.11 Å². The topological polar surface area (TPSA) is 68.0 Å². The van der Waals surface area contributed by atoms with E-state index in [0.29, 0.717) is 17.6 Å². The summed E-state index contributed by atoms with van der Waals surface area (Å²) in [5.74, 6) is -0.167. The summed E-state index contributed by atoms with van der Waals surface area (Å²) in [6.45, 7) is 0.647. The van der Waals surface area contributed by atoms with Gasteiger partial charge in [-0.1, -0.05) is 48.2 Å². The maximum atomic E-state index is 11.1. The molecule has 0 saturated heterocycles. The molecule has 1 fully saturated rings. The molecule has 0 amide bonds. The third-order valence-electron chi connectivity index (χ3n) is 5.23. The molecule has 2 aromatic heterocycles. The van der Waals surface area contributed by atoms with E-state index in [-0.39, 0.29) is 5.75 Å². The fraction of sp³-hybridized carbons (Fsp3) is 0.227. The lowest BCUT2D eigenvalue weighted by Crippen LogP contribution is -2.05.